The molecule has 2 fully saturated rings. The molecule has 1 atom stereocenters. The van der Waals surface area contributed by atoms with Crippen LogP contribution in [0.3, 0.4) is 0 Å². The summed E-state index contributed by atoms with van der Waals surface area (Å²) in [6, 6.07) is 9.17. The molecule has 7 heteroatoms. The van der Waals surface area contributed by atoms with Crippen molar-refractivity contribution < 1.29 is 4.74 Å². The van der Waals surface area contributed by atoms with Crippen molar-refractivity contribution >= 4 is 5.96 Å². The summed E-state index contributed by atoms with van der Waals surface area (Å²) in [5, 5.41) is 15.7. The Morgan fingerprint density at radius 2 is 2.00 bits per heavy atom. The van der Waals surface area contributed by atoms with Crippen LogP contribution >= 0.6 is 0 Å². The molecule has 1 aliphatic heterocycles. The highest BCUT2D eigenvalue weighted by Gasteiger charge is 2.43. The zero-order chi connectivity index (χ0) is 19.8. The molecule has 29 heavy (non-hydrogen) atoms. The van der Waals surface area contributed by atoms with Crippen LogP contribution in [0.15, 0.2) is 29.3 Å². The van der Waals surface area contributed by atoms with Crippen LogP contribution in [-0.4, -0.2) is 32.4 Å². The standard InChI is InChI=1S/C22H30N6O/c1-15-26-27-20(28(15)2)14-23-21(24-16-9-10-16)25-18-13-22(11-5-6-12-22)29-19-8-4-3-7-17(18)19/h3-4,7-8,16,18H,5-6,9-14H2,1-2H3,(H2,23,24,25). The Bertz CT molecular complexity index is 910. The van der Waals surface area contributed by atoms with Gasteiger partial charge in [-0.25, -0.2) is 4.99 Å². The molecule has 1 unspecified atom stereocenters. The first-order chi connectivity index (χ1) is 14.1. The lowest BCUT2D eigenvalue weighted by Gasteiger charge is -2.40. The largest absolute Gasteiger partial charge is 0.487 e. The van der Waals surface area contributed by atoms with Crippen molar-refractivity contribution in [2.24, 2.45) is 12.0 Å². The van der Waals surface area contributed by atoms with Crippen LogP contribution in [0, 0.1) is 6.92 Å². The molecule has 2 aliphatic carbocycles. The average Bonchev–Trinajstić information content (AvgIpc) is 3.34. The van der Waals surface area contributed by atoms with Crippen molar-refractivity contribution in [3.05, 3.63) is 41.5 Å². The maximum Gasteiger partial charge on any atom is 0.192 e. The van der Waals surface area contributed by atoms with E-state index in [2.05, 4.69) is 45.1 Å². The summed E-state index contributed by atoms with van der Waals surface area (Å²) >= 11 is 0. The van der Waals surface area contributed by atoms with Gasteiger partial charge < -0.3 is 19.9 Å². The molecule has 5 rings (SSSR count). The summed E-state index contributed by atoms with van der Waals surface area (Å²) in [6.07, 6.45) is 8.18. The minimum absolute atomic E-state index is 0.0303. The Morgan fingerprint density at radius 3 is 2.72 bits per heavy atom. The van der Waals surface area contributed by atoms with E-state index in [-0.39, 0.29) is 11.6 Å². The van der Waals surface area contributed by atoms with Crippen LogP contribution in [0.2, 0.25) is 0 Å². The SMILES string of the molecule is Cc1nnc(CN=C(NC2CC2)NC2CC3(CCCC3)Oc3ccccc32)n1C. The van der Waals surface area contributed by atoms with Crippen LogP contribution in [0.4, 0.5) is 0 Å². The molecule has 154 valence electrons. The maximum atomic E-state index is 6.51. The summed E-state index contributed by atoms with van der Waals surface area (Å²) in [7, 11) is 1.99. The second kappa shape index (κ2) is 7.35. The van der Waals surface area contributed by atoms with Crippen molar-refractivity contribution in [2.45, 2.75) is 76.1 Å². The number of hydrogen-bond donors (Lipinski definition) is 2. The molecule has 1 aromatic heterocycles. The summed E-state index contributed by atoms with van der Waals surface area (Å²) < 4.78 is 8.51. The lowest BCUT2D eigenvalue weighted by molar-refractivity contribution is 0.0396. The molecule has 0 amide bonds. The highest BCUT2D eigenvalue weighted by Crippen LogP contribution is 2.47. The zero-order valence-electron chi connectivity index (χ0n) is 17.3. The predicted octanol–water partition coefficient (Wildman–Crippen LogP) is 3.16. The molecule has 3 aliphatic rings. The Morgan fingerprint density at radius 1 is 1.21 bits per heavy atom. The summed E-state index contributed by atoms with van der Waals surface area (Å²) in [5.74, 6) is 3.66. The number of benzene rings is 1. The van der Waals surface area contributed by atoms with Gasteiger partial charge in [-0.2, -0.15) is 0 Å². The van der Waals surface area contributed by atoms with Crippen LogP contribution in [0.5, 0.6) is 5.75 Å². The average molecular weight is 395 g/mol. The number of fused-ring (bicyclic) bond motifs is 1. The van der Waals surface area contributed by atoms with Gasteiger partial charge in [0.15, 0.2) is 11.8 Å². The Hall–Kier alpha value is -2.57. The van der Waals surface area contributed by atoms with Crippen LogP contribution in [-0.2, 0) is 13.6 Å². The smallest absolute Gasteiger partial charge is 0.192 e. The van der Waals surface area contributed by atoms with Crippen molar-refractivity contribution in [3.63, 3.8) is 0 Å². The van der Waals surface area contributed by atoms with Gasteiger partial charge in [-0.15, -0.1) is 10.2 Å². The van der Waals surface area contributed by atoms with Gasteiger partial charge in [0.05, 0.1) is 6.04 Å². The number of ether oxygens (including phenoxy) is 1. The first kappa shape index (κ1) is 18.5. The van der Waals surface area contributed by atoms with Gasteiger partial charge in [0.1, 0.15) is 23.7 Å². The molecule has 1 aromatic carbocycles. The van der Waals surface area contributed by atoms with Gasteiger partial charge in [-0.05, 0) is 51.5 Å². The summed E-state index contributed by atoms with van der Waals surface area (Å²) in [5.41, 5.74) is 1.20. The second-order valence-corrected chi connectivity index (χ2v) is 8.74. The molecular formula is C22H30N6O. The lowest BCUT2D eigenvalue weighted by atomic mass is 9.86. The molecule has 7 nitrogen and oxygen atoms in total. The molecule has 1 spiro atoms. The van der Waals surface area contributed by atoms with Crippen molar-refractivity contribution in [2.75, 3.05) is 0 Å². The maximum absolute atomic E-state index is 6.51. The molecule has 0 radical (unpaired) electrons. The van der Waals surface area contributed by atoms with Gasteiger partial charge in [-0.3, -0.25) is 0 Å². The highest BCUT2D eigenvalue weighted by molar-refractivity contribution is 5.81. The third-order valence-corrected chi connectivity index (χ3v) is 6.50. The fourth-order valence-corrected chi connectivity index (χ4v) is 4.53. The summed E-state index contributed by atoms with van der Waals surface area (Å²) in [4.78, 5) is 4.86. The molecule has 2 heterocycles. The third kappa shape index (κ3) is 3.82. The normalized spacial score (nSPS) is 23.0. The lowest BCUT2D eigenvalue weighted by Crippen LogP contribution is -2.47. The van der Waals surface area contributed by atoms with Crippen LogP contribution in [0.25, 0.3) is 0 Å². The van der Waals surface area contributed by atoms with Gasteiger partial charge in [-0.1, -0.05) is 18.2 Å². The number of nitrogens with one attached hydrogen (secondary N) is 2. The number of aryl methyl sites for hydroxylation is 1. The third-order valence-electron chi connectivity index (χ3n) is 6.50. The van der Waals surface area contributed by atoms with Crippen molar-refractivity contribution in [1.82, 2.24) is 25.4 Å². The first-order valence-electron chi connectivity index (χ1n) is 10.8. The van der Waals surface area contributed by atoms with Gasteiger partial charge in [0.2, 0.25) is 0 Å². The van der Waals surface area contributed by atoms with E-state index in [1.165, 1.54) is 31.2 Å². The first-order valence-corrected chi connectivity index (χ1v) is 10.8. The number of aliphatic imine (C=N–C) groups is 1. The number of hydrogen-bond acceptors (Lipinski definition) is 4. The van der Waals surface area contributed by atoms with E-state index < -0.39 is 0 Å². The zero-order valence-corrected chi connectivity index (χ0v) is 17.3. The minimum Gasteiger partial charge on any atom is -0.487 e. The van der Waals surface area contributed by atoms with E-state index >= 15 is 0 Å². The van der Waals surface area contributed by atoms with Gasteiger partial charge in [0, 0.05) is 25.1 Å². The Balaban J connectivity index is 1.40. The van der Waals surface area contributed by atoms with E-state index in [1.807, 2.05) is 18.5 Å². The monoisotopic (exact) mass is 394 g/mol. The van der Waals surface area contributed by atoms with E-state index in [0.29, 0.717) is 12.6 Å². The van der Waals surface area contributed by atoms with Crippen LogP contribution < -0.4 is 15.4 Å². The van der Waals surface area contributed by atoms with E-state index in [0.717, 1.165) is 42.6 Å². The minimum atomic E-state index is -0.0303. The molecule has 2 saturated carbocycles. The molecule has 2 aromatic rings. The number of guanidine groups is 1. The number of nitrogens with zero attached hydrogens (tertiary/aromatic N) is 4. The van der Waals surface area contributed by atoms with E-state index in [1.54, 1.807) is 0 Å². The van der Waals surface area contributed by atoms with Crippen molar-refractivity contribution in [3.8, 4) is 5.75 Å². The Kier molecular flexibility index (Phi) is 4.68. The molecular weight excluding hydrogens is 364 g/mol. The summed E-state index contributed by atoms with van der Waals surface area (Å²) in [6.45, 7) is 2.47. The fraction of sp³-hybridized carbons (Fsp3) is 0.591. The predicted molar refractivity (Wildman–Crippen MR) is 112 cm³/mol. The number of para-hydroxylation sites is 1. The molecule has 0 saturated heterocycles. The van der Waals surface area contributed by atoms with Gasteiger partial charge in [0.25, 0.3) is 0 Å². The second-order valence-electron chi connectivity index (χ2n) is 8.74. The fourth-order valence-electron chi connectivity index (χ4n) is 4.53. The number of aromatic nitrogens is 3. The molecule has 2 N–H and O–H groups in total. The van der Waals surface area contributed by atoms with Crippen molar-refractivity contribution in [1.29, 1.82) is 0 Å². The quantitative estimate of drug-likeness (QED) is 0.615. The van der Waals surface area contributed by atoms with E-state index in [9.17, 15) is 0 Å². The van der Waals surface area contributed by atoms with Gasteiger partial charge >= 0.3 is 0 Å². The Labute approximate surface area is 172 Å². The molecule has 0 bridgehead atoms. The highest BCUT2D eigenvalue weighted by atomic mass is 16.5. The van der Waals surface area contributed by atoms with E-state index in [4.69, 9.17) is 9.73 Å². The van der Waals surface area contributed by atoms with Crippen LogP contribution in [0.1, 0.15) is 68.2 Å². The number of rotatable bonds is 4. The topological polar surface area (TPSA) is 76.4 Å².